The molecule has 2 aromatic carbocycles. The molecule has 0 aliphatic carbocycles. The van der Waals surface area contributed by atoms with Gasteiger partial charge >= 0.3 is 0 Å². The van der Waals surface area contributed by atoms with Crippen molar-refractivity contribution in [3.8, 4) is 0 Å². The second kappa shape index (κ2) is 7.75. The van der Waals surface area contributed by atoms with Crippen LogP contribution in [0.2, 0.25) is 0 Å². The zero-order valence-corrected chi connectivity index (χ0v) is 17.3. The first-order chi connectivity index (χ1) is 14.4. The molecule has 2 heterocycles. The van der Waals surface area contributed by atoms with Crippen LogP contribution in [0.3, 0.4) is 0 Å². The Morgan fingerprint density at radius 3 is 2.53 bits per heavy atom. The number of carbonyl (C=O) groups is 1. The second-order valence-electron chi connectivity index (χ2n) is 7.00. The summed E-state index contributed by atoms with van der Waals surface area (Å²) in [7, 11) is -1.80. The van der Waals surface area contributed by atoms with Crippen molar-refractivity contribution in [1.82, 2.24) is 19.6 Å². The van der Waals surface area contributed by atoms with Gasteiger partial charge in [0.25, 0.3) is 10.0 Å². The molecule has 2 atom stereocenters. The molecule has 9 heteroatoms. The van der Waals surface area contributed by atoms with Gasteiger partial charge in [0, 0.05) is 25.0 Å². The SMILES string of the molecule is C[C@H](N=C1NS(=O)(=O)c2ccccc21)C(=O)NC(c1ccccc1)c1nccn1C. The molecule has 2 N–H and O–H groups in total. The highest BCUT2D eigenvalue weighted by atomic mass is 32.2. The molecule has 0 saturated heterocycles. The van der Waals surface area contributed by atoms with Gasteiger partial charge in [0.05, 0.1) is 4.90 Å². The Morgan fingerprint density at radius 2 is 1.83 bits per heavy atom. The lowest BCUT2D eigenvalue weighted by atomic mass is 10.1. The Kier molecular flexibility index (Phi) is 5.13. The first-order valence-corrected chi connectivity index (χ1v) is 10.9. The normalized spacial score (nSPS) is 17.7. The van der Waals surface area contributed by atoms with Gasteiger partial charge in [-0.15, -0.1) is 0 Å². The average Bonchev–Trinajstić information content (AvgIpc) is 3.27. The molecule has 0 radical (unpaired) electrons. The van der Waals surface area contributed by atoms with E-state index in [0.29, 0.717) is 11.4 Å². The average molecular weight is 423 g/mol. The minimum atomic E-state index is -3.66. The van der Waals surface area contributed by atoms with Crippen LogP contribution < -0.4 is 10.0 Å². The lowest BCUT2D eigenvalue weighted by Crippen LogP contribution is -2.37. The minimum Gasteiger partial charge on any atom is -0.340 e. The molecule has 30 heavy (non-hydrogen) atoms. The number of aryl methyl sites for hydroxylation is 1. The molecule has 0 spiro atoms. The Hall–Kier alpha value is -3.46. The number of amides is 1. The number of aromatic nitrogens is 2. The fraction of sp³-hybridized carbons (Fsp3) is 0.190. The van der Waals surface area contributed by atoms with Crippen molar-refractivity contribution in [2.75, 3.05) is 0 Å². The maximum Gasteiger partial charge on any atom is 0.263 e. The summed E-state index contributed by atoms with van der Waals surface area (Å²) in [6.07, 6.45) is 3.48. The van der Waals surface area contributed by atoms with Crippen LogP contribution in [-0.2, 0) is 21.9 Å². The summed E-state index contributed by atoms with van der Waals surface area (Å²) >= 11 is 0. The monoisotopic (exact) mass is 423 g/mol. The molecule has 0 fully saturated rings. The number of nitrogens with zero attached hydrogens (tertiary/aromatic N) is 3. The number of carbonyl (C=O) groups excluding carboxylic acids is 1. The summed E-state index contributed by atoms with van der Waals surface area (Å²) < 4.78 is 28.8. The molecule has 3 aromatic rings. The van der Waals surface area contributed by atoms with Crippen LogP contribution in [0.4, 0.5) is 0 Å². The Balaban J connectivity index is 1.61. The molecule has 4 rings (SSSR count). The number of aliphatic imine (C=N–C) groups is 1. The quantitative estimate of drug-likeness (QED) is 0.652. The number of hydrogen-bond acceptors (Lipinski definition) is 5. The maximum absolute atomic E-state index is 13.0. The minimum absolute atomic E-state index is 0.159. The molecule has 8 nitrogen and oxygen atoms in total. The van der Waals surface area contributed by atoms with Gasteiger partial charge in [-0.05, 0) is 24.6 Å². The van der Waals surface area contributed by atoms with E-state index in [0.717, 1.165) is 5.56 Å². The van der Waals surface area contributed by atoms with E-state index < -0.39 is 22.1 Å². The van der Waals surface area contributed by atoms with Crippen LogP contribution in [0.5, 0.6) is 0 Å². The third-order valence-electron chi connectivity index (χ3n) is 4.90. The Morgan fingerprint density at radius 1 is 1.13 bits per heavy atom. The van der Waals surface area contributed by atoms with E-state index in [9.17, 15) is 13.2 Å². The summed E-state index contributed by atoms with van der Waals surface area (Å²) in [6.45, 7) is 1.62. The van der Waals surface area contributed by atoms with Crippen molar-refractivity contribution in [2.24, 2.45) is 12.0 Å². The number of benzene rings is 2. The predicted molar refractivity (Wildman–Crippen MR) is 112 cm³/mol. The Bertz CT molecular complexity index is 1220. The summed E-state index contributed by atoms with van der Waals surface area (Å²) in [4.78, 5) is 21.8. The van der Waals surface area contributed by atoms with Crippen LogP contribution >= 0.6 is 0 Å². The van der Waals surface area contributed by atoms with E-state index in [1.165, 1.54) is 6.07 Å². The van der Waals surface area contributed by atoms with Gasteiger partial charge in [0.15, 0.2) is 0 Å². The van der Waals surface area contributed by atoms with E-state index in [1.807, 2.05) is 48.1 Å². The Labute approximate surface area is 174 Å². The summed E-state index contributed by atoms with van der Waals surface area (Å²) in [5, 5.41) is 2.99. The lowest BCUT2D eigenvalue weighted by molar-refractivity contribution is -0.122. The van der Waals surface area contributed by atoms with E-state index in [-0.39, 0.29) is 16.6 Å². The van der Waals surface area contributed by atoms with Gasteiger partial charge in [-0.2, -0.15) is 0 Å². The van der Waals surface area contributed by atoms with Crippen molar-refractivity contribution in [3.05, 3.63) is 83.9 Å². The van der Waals surface area contributed by atoms with Crippen LogP contribution in [0.25, 0.3) is 0 Å². The van der Waals surface area contributed by atoms with Crippen molar-refractivity contribution >= 4 is 21.8 Å². The van der Waals surface area contributed by atoms with Crippen LogP contribution in [0.1, 0.15) is 29.9 Å². The molecule has 1 aromatic heterocycles. The standard InChI is InChI=1S/C21H21N5O3S/c1-14(23-19-16-10-6-7-11-17(16)30(28,29)25-19)21(27)24-18(15-8-4-3-5-9-15)20-22-12-13-26(20)2/h3-14,18H,1-2H3,(H,23,25)(H,24,27)/t14-,18?/m0/s1. The predicted octanol–water partition coefficient (Wildman–Crippen LogP) is 1.75. The largest absolute Gasteiger partial charge is 0.340 e. The molecule has 1 unspecified atom stereocenters. The second-order valence-corrected chi connectivity index (χ2v) is 8.65. The number of nitrogens with one attached hydrogen (secondary N) is 2. The third kappa shape index (κ3) is 3.71. The number of imidazole rings is 1. The zero-order chi connectivity index (χ0) is 21.3. The van der Waals surface area contributed by atoms with Gasteiger partial charge < -0.3 is 9.88 Å². The van der Waals surface area contributed by atoms with Gasteiger partial charge in [0.2, 0.25) is 5.91 Å². The topological polar surface area (TPSA) is 105 Å². The van der Waals surface area contributed by atoms with Gasteiger partial charge in [-0.1, -0.05) is 42.5 Å². The molecule has 0 bridgehead atoms. The van der Waals surface area contributed by atoms with Crippen LogP contribution in [-0.4, -0.2) is 35.8 Å². The third-order valence-corrected chi connectivity index (χ3v) is 6.30. The van der Waals surface area contributed by atoms with Gasteiger partial charge in [0.1, 0.15) is 23.7 Å². The van der Waals surface area contributed by atoms with Crippen molar-refractivity contribution in [2.45, 2.75) is 23.9 Å². The zero-order valence-electron chi connectivity index (χ0n) is 16.5. The maximum atomic E-state index is 13.0. The smallest absolute Gasteiger partial charge is 0.263 e. The number of sulfonamides is 1. The highest BCUT2D eigenvalue weighted by molar-refractivity contribution is 7.90. The molecule has 0 saturated carbocycles. The number of fused-ring (bicyclic) bond motifs is 1. The van der Waals surface area contributed by atoms with E-state index >= 15 is 0 Å². The van der Waals surface area contributed by atoms with Crippen molar-refractivity contribution in [1.29, 1.82) is 0 Å². The summed E-state index contributed by atoms with van der Waals surface area (Å²) in [5.74, 6) is 0.505. The van der Waals surface area contributed by atoms with E-state index in [2.05, 4.69) is 20.0 Å². The first kappa shape index (κ1) is 19.8. The molecule has 154 valence electrons. The molecule has 1 aliphatic heterocycles. The van der Waals surface area contributed by atoms with Crippen LogP contribution in [0, 0.1) is 0 Å². The fourth-order valence-corrected chi connectivity index (χ4v) is 4.58. The summed E-state index contributed by atoms with van der Waals surface area (Å²) in [5.41, 5.74) is 1.34. The molecular weight excluding hydrogens is 402 g/mol. The highest BCUT2D eigenvalue weighted by Crippen LogP contribution is 2.23. The van der Waals surface area contributed by atoms with Gasteiger partial charge in [-0.25, -0.2) is 13.4 Å². The van der Waals surface area contributed by atoms with E-state index in [1.54, 1.807) is 31.3 Å². The summed E-state index contributed by atoms with van der Waals surface area (Å²) in [6, 6.07) is 14.8. The molecule has 1 aliphatic rings. The highest BCUT2D eigenvalue weighted by Gasteiger charge is 2.31. The number of rotatable bonds is 5. The van der Waals surface area contributed by atoms with Crippen LogP contribution in [0.15, 0.2) is 76.9 Å². The van der Waals surface area contributed by atoms with Crippen molar-refractivity contribution < 1.29 is 13.2 Å². The molecule has 1 amide bonds. The molecular formula is C21H21N5O3S. The lowest BCUT2D eigenvalue weighted by Gasteiger charge is -2.20. The van der Waals surface area contributed by atoms with E-state index in [4.69, 9.17) is 0 Å². The number of amidine groups is 1. The van der Waals surface area contributed by atoms with Crippen molar-refractivity contribution in [3.63, 3.8) is 0 Å². The fourth-order valence-electron chi connectivity index (χ4n) is 3.34. The van der Waals surface area contributed by atoms with Gasteiger partial charge in [-0.3, -0.25) is 14.5 Å². The number of hydrogen-bond donors (Lipinski definition) is 2. The first-order valence-electron chi connectivity index (χ1n) is 9.39.